The number of carbonyl (C=O) groups excluding carboxylic acids is 1. The van der Waals surface area contributed by atoms with Gasteiger partial charge in [-0.3, -0.25) is 9.78 Å². The second-order valence-electron chi connectivity index (χ2n) is 4.57. The third kappa shape index (κ3) is 3.53. The molecule has 4 nitrogen and oxygen atoms in total. The largest absolute Gasteiger partial charge is 0.350 e. The number of hydrogen-bond donors (Lipinski definition) is 2. The molecule has 0 aliphatic carbocycles. The van der Waals surface area contributed by atoms with Gasteiger partial charge in [0.2, 0.25) is 5.91 Å². The SMILES string of the molecule is CC(NC(=O)CC1CCCN1)c1ccncc1. The lowest BCUT2D eigenvalue weighted by Gasteiger charge is -2.16. The molecule has 1 aliphatic heterocycles. The van der Waals surface area contributed by atoms with E-state index in [1.807, 2.05) is 19.1 Å². The van der Waals surface area contributed by atoms with Gasteiger partial charge in [-0.05, 0) is 44.0 Å². The zero-order valence-electron chi connectivity index (χ0n) is 10.1. The van der Waals surface area contributed by atoms with Gasteiger partial charge in [-0.15, -0.1) is 0 Å². The normalized spacial score (nSPS) is 21.1. The van der Waals surface area contributed by atoms with E-state index in [9.17, 15) is 4.79 Å². The van der Waals surface area contributed by atoms with Crippen LogP contribution in [0.2, 0.25) is 0 Å². The maximum atomic E-state index is 11.8. The van der Waals surface area contributed by atoms with Gasteiger partial charge in [-0.2, -0.15) is 0 Å². The van der Waals surface area contributed by atoms with E-state index in [1.165, 1.54) is 6.42 Å². The summed E-state index contributed by atoms with van der Waals surface area (Å²) in [6.45, 7) is 3.03. The lowest BCUT2D eigenvalue weighted by molar-refractivity contribution is -0.122. The average molecular weight is 233 g/mol. The summed E-state index contributed by atoms with van der Waals surface area (Å²) in [4.78, 5) is 15.8. The summed E-state index contributed by atoms with van der Waals surface area (Å²) in [6.07, 6.45) is 6.36. The lowest BCUT2D eigenvalue weighted by Crippen LogP contribution is -2.33. The topological polar surface area (TPSA) is 54.0 Å². The summed E-state index contributed by atoms with van der Waals surface area (Å²) in [6, 6.07) is 4.27. The number of pyridine rings is 1. The maximum Gasteiger partial charge on any atom is 0.222 e. The molecular formula is C13H19N3O. The Bertz CT molecular complexity index is 360. The minimum atomic E-state index is 0.0481. The molecule has 1 amide bonds. The van der Waals surface area contributed by atoms with Crippen molar-refractivity contribution >= 4 is 5.91 Å². The van der Waals surface area contributed by atoms with E-state index in [2.05, 4.69) is 15.6 Å². The van der Waals surface area contributed by atoms with Crippen molar-refractivity contribution in [2.24, 2.45) is 0 Å². The number of hydrogen-bond acceptors (Lipinski definition) is 3. The molecule has 1 fully saturated rings. The highest BCUT2D eigenvalue weighted by atomic mass is 16.1. The van der Waals surface area contributed by atoms with Crippen molar-refractivity contribution in [1.82, 2.24) is 15.6 Å². The van der Waals surface area contributed by atoms with E-state index in [1.54, 1.807) is 12.4 Å². The van der Waals surface area contributed by atoms with Crippen LogP contribution < -0.4 is 10.6 Å². The van der Waals surface area contributed by atoms with Gasteiger partial charge in [0.1, 0.15) is 0 Å². The molecule has 17 heavy (non-hydrogen) atoms. The fourth-order valence-corrected chi connectivity index (χ4v) is 2.19. The van der Waals surface area contributed by atoms with E-state index in [4.69, 9.17) is 0 Å². The molecule has 1 aliphatic rings. The second kappa shape index (κ2) is 5.77. The molecule has 0 spiro atoms. The standard InChI is InChI=1S/C13H19N3O/c1-10(11-4-7-14-8-5-11)16-13(17)9-12-3-2-6-15-12/h4-5,7-8,10,12,15H,2-3,6,9H2,1H3,(H,16,17). The summed E-state index contributed by atoms with van der Waals surface area (Å²) in [7, 11) is 0. The second-order valence-corrected chi connectivity index (χ2v) is 4.57. The van der Waals surface area contributed by atoms with Crippen LogP contribution in [0.1, 0.15) is 37.8 Å². The fourth-order valence-electron chi connectivity index (χ4n) is 2.19. The summed E-state index contributed by atoms with van der Waals surface area (Å²) in [5.74, 6) is 0.119. The van der Waals surface area contributed by atoms with Gasteiger partial charge in [0.05, 0.1) is 6.04 Å². The van der Waals surface area contributed by atoms with Gasteiger partial charge in [-0.25, -0.2) is 0 Å². The Balaban J connectivity index is 1.81. The van der Waals surface area contributed by atoms with Crippen molar-refractivity contribution in [3.8, 4) is 0 Å². The van der Waals surface area contributed by atoms with Crippen molar-refractivity contribution in [3.63, 3.8) is 0 Å². The van der Waals surface area contributed by atoms with Crippen LogP contribution in [0, 0.1) is 0 Å². The van der Waals surface area contributed by atoms with Crippen LogP contribution in [0.25, 0.3) is 0 Å². The Morgan fingerprint density at radius 3 is 3.00 bits per heavy atom. The number of nitrogens with zero attached hydrogens (tertiary/aromatic N) is 1. The number of nitrogens with one attached hydrogen (secondary N) is 2. The molecule has 2 unspecified atom stereocenters. The zero-order valence-corrected chi connectivity index (χ0v) is 10.1. The van der Waals surface area contributed by atoms with Gasteiger partial charge in [0.15, 0.2) is 0 Å². The number of carbonyl (C=O) groups is 1. The quantitative estimate of drug-likeness (QED) is 0.826. The van der Waals surface area contributed by atoms with E-state index >= 15 is 0 Å². The van der Waals surface area contributed by atoms with Crippen molar-refractivity contribution in [2.45, 2.75) is 38.3 Å². The number of amides is 1. The summed E-state index contributed by atoms with van der Waals surface area (Å²) in [5, 5.41) is 6.35. The van der Waals surface area contributed by atoms with E-state index in [0.717, 1.165) is 18.5 Å². The first-order chi connectivity index (χ1) is 8.25. The molecule has 1 aromatic rings. The maximum absolute atomic E-state index is 11.8. The van der Waals surface area contributed by atoms with Crippen LogP contribution in [0.3, 0.4) is 0 Å². The molecule has 0 aromatic carbocycles. The molecule has 0 bridgehead atoms. The molecule has 0 radical (unpaired) electrons. The first-order valence-electron chi connectivity index (χ1n) is 6.18. The fraction of sp³-hybridized carbons (Fsp3) is 0.538. The van der Waals surface area contributed by atoms with Gasteiger partial charge in [-0.1, -0.05) is 0 Å². The molecule has 1 aromatic heterocycles. The first kappa shape index (κ1) is 12.0. The summed E-state index contributed by atoms with van der Waals surface area (Å²) >= 11 is 0. The molecule has 2 rings (SSSR count). The number of aromatic nitrogens is 1. The van der Waals surface area contributed by atoms with Crippen molar-refractivity contribution in [2.75, 3.05) is 6.54 Å². The minimum absolute atomic E-state index is 0.0481. The van der Waals surface area contributed by atoms with Crippen molar-refractivity contribution in [1.29, 1.82) is 0 Å². The van der Waals surface area contributed by atoms with Crippen molar-refractivity contribution in [3.05, 3.63) is 30.1 Å². The van der Waals surface area contributed by atoms with Crippen LogP contribution >= 0.6 is 0 Å². The molecule has 2 heterocycles. The van der Waals surface area contributed by atoms with E-state index in [0.29, 0.717) is 12.5 Å². The zero-order chi connectivity index (χ0) is 12.1. The first-order valence-corrected chi connectivity index (χ1v) is 6.18. The number of rotatable bonds is 4. The van der Waals surface area contributed by atoms with Crippen LogP contribution in [0.5, 0.6) is 0 Å². The highest BCUT2D eigenvalue weighted by Crippen LogP contribution is 2.12. The van der Waals surface area contributed by atoms with Crippen LogP contribution in [0.15, 0.2) is 24.5 Å². The highest BCUT2D eigenvalue weighted by molar-refractivity contribution is 5.77. The van der Waals surface area contributed by atoms with Crippen LogP contribution in [-0.2, 0) is 4.79 Å². The third-order valence-corrected chi connectivity index (χ3v) is 3.18. The minimum Gasteiger partial charge on any atom is -0.350 e. The predicted octanol–water partition coefficient (Wildman–Crippen LogP) is 1.40. The van der Waals surface area contributed by atoms with E-state index < -0.39 is 0 Å². The lowest BCUT2D eigenvalue weighted by atomic mass is 10.1. The average Bonchev–Trinajstić information content (AvgIpc) is 2.82. The van der Waals surface area contributed by atoms with Gasteiger partial charge in [0.25, 0.3) is 0 Å². The predicted molar refractivity (Wildman–Crippen MR) is 66.4 cm³/mol. The van der Waals surface area contributed by atoms with Gasteiger partial charge < -0.3 is 10.6 Å². The summed E-state index contributed by atoms with van der Waals surface area (Å²) < 4.78 is 0. The molecule has 0 saturated carbocycles. The Hall–Kier alpha value is -1.42. The molecule has 1 saturated heterocycles. The third-order valence-electron chi connectivity index (χ3n) is 3.18. The monoisotopic (exact) mass is 233 g/mol. The Morgan fingerprint density at radius 2 is 2.35 bits per heavy atom. The Kier molecular flexibility index (Phi) is 4.09. The summed E-state index contributed by atoms with van der Waals surface area (Å²) in [5.41, 5.74) is 1.09. The molecule has 92 valence electrons. The smallest absolute Gasteiger partial charge is 0.222 e. The van der Waals surface area contributed by atoms with Crippen LogP contribution in [0.4, 0.5) is 0 Å². The van der Waals surface area contributed by atoms with E-state index in [-0.39, 0.29) is 11.9 Å². The molecule has 4 heteroatoms. The van der Waals surface area contributed by atoms with Crippen molar-refractivity contribution < 1.29 is 4.79 Å². The molecular weight excluding hydrogens is 214 g/mol. The molecule has 2 atom stereocenters. The Labute approximate surface area is 102 Å². The van der Waals surface area contributed by atoms with Gasteiger partial charge >= 0.3 is 0 Å². The Morgan fingerprint density at radius 1 is 1.59 bits per heavy atom. The van der Waals surface area contributed by atoms with Gasteiger partial charge in [0, 0.05) is 24.9 Å². The highest BCUT2D eigenvalue weighted by Gasteiger charge is 2.18. The van der Waals surface area contributed by atoms with Crippen LogP contribution in [-0.4, -0.2) is 23.5 Å². The molecule has 2 N–H and O–H groups in total.